The Balaban J connectivity index is 2.17. The number of hydrogen-bond acceptors (Lipinski definition) is 4. The number of ether oxygens (including phenoxy) is 1. The molecule has 5 heteroatoms. The molecule has 96 valence electrons. The van der Waals surface area contributed by atoms with Crippen molar-refractivity contribution in [3.05, 3.63) is 51.2 Å². The first kappa shape index (κ1) is 11.9. The molecule has 1 N–H and O–H groups in total. The van der Waals surface area contributed by atoms with E-state index in [1.165, 1.54) is 0 Å². The van der Waals surface area contributed by atoms with Gasteiger partial charge in [0.05, 0.1) is 0 Å². The Labute approximate surface area is 114 Å². The summed E-state index contributed by atoms with van der Waals surface area (Å²) in [7, 11) is 0. The van der Waals surface area contributed by atoms with Crippen molar-refractivity contribution in [1.29, 1.82) is 0 Å². The quantitative estimate of drug-likeness (QED) is 0.637. The molecule has 0 amide bonds. The molecule has 0 unspecified atom stereocenters. The van der Waals surface area contributed by atoms with Gasteiger partial charge in [-0.25, -0.2) is 4.79 Å². The Morgan fingerprint density at radius 3 is 2.79 bits per heavy atom. The zero-order valence-corrected chi connectivity index (χ0v) is 11.3. The summed E-state index contributed by atoms with van der Waals surface area (Å²) in [5, 5.41) is 0. The second-order valence-electron chi connectivity index (χ2n) is 4.42. The number of fused-ring (bicyclic) bond motifs is 1. The van der Waals surface area contributed by atoms with Gasteiger partial charge in [-0.1, -0.05) is 12.2 Å². The second-order valence-corrected chi connectivity index (χ2v) is 4.82. The number of pyridine rings is 1. The van der Waals surface area contributed by atoms with Gasteiger partial charge < -0.3 is 14.1 Å². The third-order valence-corrected chi connectivity index (χ3v) is 3.18. The van der Waals surface area contributed by atoms with Crippen molar-refractivity contribution in [2.75, 3.05) is 0 Å². The predicted octanol–water partition coefficient (Wildman–Crippen LogP) is 3.62. The van der Waals surface area contributed by atoms with Gasteiger partial charge >= 0.3 is 5.97 Å². The number of esters is 1. The van der Waals surface area contributed by atoms with Crippen LogP contribution in [0.4, 0.5) is 0 Å². The zero-order valence-electron chi connectivity index (χ0n) is 10.4. The van der Waals surface area contributed by atoms with Crippen LogP contribution < -0.4 is 0 Å². The van der Waals surface area contributed by atoms with Crippen LogP contribution in [0.5, 0.6) is 0 Å². The lowest BCUT2D eigenvalue weighted by Gasteiger charge is -1.99. The SMILES string of the molecule is Cc1cc2c(c(=S)[nH]1)C(=O)OC2=Cc1ccc(C)o1. The minimum Gasteiger partial charge on any atom is -0.462 e. The maximum Gasteiger partial charge on any atom is 0.347 e. The fourth-order valence-electron chi connectivity index (χ4n) is 2.06. The van der Waals surface area contributed by atoms with Gasteiger partial charge in [0, 0.05) is 17.3 Å². The van der Waals surface area contributed by atoms with Crippen LogP contribution in [-0.4, -0.2) is 11.0 Å². The molecule has 0 bridgehead atoms. The average molecular weight is 273 g/mol. The highest BCUT2D eigenvalue weighted by atomic mass is 32.1. The molecular weight excluding hydrogens is 262 g/mol. The molecule has 0 saturated heterocycles. The van der Waals surface area contributed by atoms with Crippen LogP contribution in [0, 0.1) is 18.5 Å². The Bertz CT molecular complexity index is 767. The molecule has 2 aromatic rings. The summed E-state index contributed by atoms with van der Waals surface area (Å²) in [4.78, 5) is 14.8. The summed E-state index contributed by atoms with van der Waals surface area (Å²) in [6, 6.07) is 5.52. The van der Waals surface area contributed by atoms with Crippen LogP contribution in [0.3, 0.4) is 0 Å². The fraction of sp³-hybridized carbons (Fsp3) is 0.143. The van der Waals surface area contributed by atoms with E-state index in [9.17, 15) is 4.79 Å². The van der Waals surface area contributed by atoms with Crippen LogP contribution in [0.25, 0.3) is 11.8 Å². The highest BCUT2D eigenvalue weighted by Crippen LogP contribution is 2.32. The predicted molar refractivity (Wildman–Crippen MR) is 73.1 cm³/mol. The molecule has 0 spiro atoms. The Morgan fingerprint density at radius 1 is 1.32 bits per heavy atom. The van der Waals surface area contributed by atoms with E-state index in [0.717, 1.165) is 11.5 Å². The number of carbonyl (C=O) groups is 1. The monoisotopic (exact) mass is 273 g/mol. The van der Waals surface area contributed by atoms with Crippen molar-refractivity contribution < 1.29 is 13.9 Å². The standard InChI is InChI=1S/C14H11NO3S/c1-7-5-10-11(6-9-4-3-8(2)17-9)18-14(16)12(10)13(19)15-7/h3-6H,1-2H3,(H,15,19). The maximum atomic E-state index is 11.8. The number of nitrogens with one attached hydrogen (secondary N) is 1. The van der Waals surface area contributed by atoms with Crippen molar-refractivity contribution in [2.45, 2.75) is 13.8 Å². The molecule has 19 heavy (non-hydrogen) atoms. The summed E-state index contributed by atoms with van der Waals surface area (Å²) in [6.07, 6.45) is 1.70. The topological polar surface area (TPSA) is 55.2 Å². The van der Waals surface area contributed by atoms with E-state index in [4.69, 9.17) is 21.4 Å². The van der Waals surface area contributed by atoms with E-state index in [2.05, 4.69) is 4.98 Å². The normalized spacial score (nSPS) is 15.7. The molecule has 0 fully saturated rings. The summed E-state index contributed by atoms with van der Waals surface area (Å²) in [5.41, 5.74) is 2.00. The van der Waals surface area contributed by atoms with Gasteiger partial charge in [-0.3, -0.25) is 0 Å². The van der Waals surface area contributed by atoms with Crippen molar-refractivity contribution in [2.24, 2.45) is 0 Å². The van der Waals surface area contributed by atoms with E-state index in [1.54, 1.807) is 6.08 Å². The lowest BCUT2D eigenvalue weighted by atomic mass is 10.1. The number of aromatic amines is 1. The molecule has 0 aromatic carbocycles. The number of furan rings is 1. The first-order chi connectivity index (χ1) is 9.04. The first-order valence-corrected chi connectivity index (χ1v) is 6.20. The van der Waals surface area contributed by atoms with E-state index in [1.807, 2.05) is 32.0 Å². The Kier molecular flexibility index (Phi) is 2.64. The molecule has 1 aliphatic heterocycles. The van der Waals surface area contributed by atoms with Crippen LogP contribution in [0.15, 0.2) is 22.6 Å². The number of carbonyl (C=O) groups excluding carboxylic acids is 1. The molecule has 2 aromatic heterocycles. The van der Waals surface area contributed by atoms with Crippen LogP contribution in [-0.2, 0) is 4.74 Å². The Morgan fingerprint density at radius 2 is 2.11 bits per heavy atom. The molecule has 4 nitrogen and oxygen atoms in total. The molecular formula is C14H11NO3S. The Hall–Kier alpha value is -2.14. The number of H-pyrrole nitrogens is 1. The van der Waals surface area contributed by atoms with Crippen molar-refractivity contribution in [1.82, 2.24) is 4.98 Å². The van der Waals surface area contributed by atoms with Crippen LogP contribution >= 0.6 is 12.2 Å². The molecule has 1 aliphatic rings. The van der Waals surface area contributed by atoms with E-state index in [0.29, 0.717) is 27.3 Å². The van der Waals surface area contributed by atoms with Crippen molar-refractivity contribution in [3.8, 4) is 0 Å². The minimum atomic E-state index is -0.425. The number of aryl methyl sites for hydroxylation is 2. The molecule has 0 atom stereocenters. The summed E-state index contributed by atoms with van der Waals surface area (Å²) in [6.45, 7) is 3.74. The summed E-state index contributed by atoms with van der Waals surface area (Å²) < 4.78 is 11.1. The minimum absolute atomic E-state index is 0.402. The van der Waals surface area contributed by atoms with E-state index < -0.39 is 5.97 Å². The van der Waals surface area contributed by atoms with Gasteiger partial charge in [0.15, 0.2) is 0 Å². The number of rotatable bonds is 1. The summed E-state index contributed by atoms with van der Waals surface area (Å²) >= 11 is 5.16. The lowest BCUT2D eigenvalue weighted by Crippen LogP contribution is -1.97. The first-order valence-electron chi connectivity index (χ1n) is 5.79. The maximum absolute atomic E-state index is 11.8. The van der Waals surface area contributed by atoms with Crippen LogP contribution in [0.1, 0.15) is 33.1 Å². The molecule has 3 heterocycles. The smallest absolute Gasteiger partial charge is 0.347 e. The fourth-order valence-corrected chi connectivity index (χ4v) is 2.41. The lowest BCUT2D eigenvalue weighted by molar-refractivity contribution is 0.0716. The van der Waals surface area contributed by atoms with Gasteiger partial charge in [-0.05, 0) is 32.0 Å². The average Bonchev–Trinajstić information content (AvgIpc) is 2.84. The molecule has 0 saturated carbocycles. The number of cyclic esters (lactones) is 1. The van der Waals surface area contributed by atoms with Gasteiger partial charge in [0.1, 0.15) is 27.5 Å². The van der Waals surface area contributed by atoms with Gasteiger partial charge in [0.2, 0.25) is 0 Å². The number of aromatic nitrogens is 1. The second kappa shape index (κ2) is 4.20. The number of hydrogen-bond donors (Lipinski definition) is 1. The van der Waals surface area contributed by atoms with E-state index >= 15 is 0 Å². The highest BCUT2D eigenvalue weighted by Gasteiger charge is 2.28. The van der Waals surface area contributed by atoms with E-state index in [-0.39, 0.29) is 0 Å². The third-order valence-electron chi connectivity index (χ3n) is 2.87. The molecule has 0 aliphatic carbocycles. The van der Waals surface area contributed by atoms with Gasteiger partial charge in [-0.15, -0.1) is 0 Å². The van der Waals surface area contributed by atoms with Crippen molar-refractivity contribution in [3.63, 3.8) is 0 Å². The zero-order chi connectivity index (χ0) is 13.6. The van der Waals surface area contributed by atoms with Gasteiger partial charge in [0.25, 0.3) is 0 Å². The van der Waals surface area contributed by atoms with Crippen LogP contribution in [0.2, 0.25) is 0 Å². The molecule has 3 rings (SSSR count). The highest BCUT2D eigenvalue weighted by molar-refractivity contribution is 7.71. The summed E-state index contributed by atoms with van der Waals surface area (Å²) in [5.74, 6) is 1.49. The third kappa shape index (κ3) is 2.02. The van der Waals surface area contributed by atoms with Crippen molar-refractivity contribution >= 4 is 30.0 Å². The van der Waals surface area contributed by atoms with Gasteiger partial charge in [-0.2, -0.15) is 0 Å². The largest absolute Gasteiger partial charge is 0.462 e. The molecule has 0 radical (unpaired) electrons.